The van der Waals surface area contributed by atoms with Crippen LogP contribution < -0.4 is 5.32 Å². The fourth-order valence-corrected chi connectivity index (χ4v) is 1.64. The standard InChI is InChI=1S/C10H12N2O.C5H10O2/c13-10-7-12(8-11-10)6-9-4-2-1-3-5-9;1-3-4(2)5(6)7/h1-5H,6-8H2,(H,11,13);4H,3H2,1-2H3,(H,6,7). The van der Waals surface area contributed by atoms with Crippen molar-refractivity contribution in [2.75, 3.05) is 13.2 Å². The van der Waals surface area contributed by atoms with Crippen molar-refractivity contribution in [2.45, 2.75) is 26.8 Å². The smallest absolute Gasteiger partial charge is 0.306 e. The van der Waals surface area contributed by atoms with Gasteiger partial charge in [-0.05, 0) is 12.0 Å². The van der Waals surface area contributed by atoms with Crippen molar-refractivity contribution in [3.05, 3.63) is 35.9 Å². The molecule has 110 valence electrons. The molecule has 1 aliphatic heterocycles. The van der Waals surface area contributed by atoms with Gasteiger partial charge in [-0.25, -0.2) is 0 Å². The van der Waals surface area contributed by atoms with Crippen molar-refractivity contribution in [1.82, 2.24) is 10.2 Å². The van der Waals surface area contributed by atoms with Crippen LogP contribution in [-0.2, 0) is 16.1 Å². The molecule has 1 aliphatic rings. The quantitative estimate of drug-likeness (QED) is 0.879. The molecule has 0 radical (unpaired) electrons. The predicted octanol–water partition coefficient (Wildman–Crippen LogP) is 1.69. The molecule has 5 nitrogen and oxygen atoms in total. The molecule has 0 aliphatic carbocycles. The molecule has 1 aromatic rings. The Morgan fingerprint density at radius 2 is 2.05 bits per heavy atom. The molecule has 0 bridgehead atoms. The van der Waals surface area contributed by atoms with E-state index in [-0.39, 0.29) is 11.8 Å². The van der Waals surface area contributed by atoms with E-state index in [0.717, 1.165) is 13.0 Å². The Morgan fingerprint density at radius 3 is 2.45 bits per heavy atom. The van der Waals surface area contributed by atoms with Gasteiger partial charge in [0.2, 0.25) is 5.91 Å². The SMILES string of the molecule is CCC(C)C(=O)O.O=C1CN(Cc2ccccc2)CN1. The van der Waals surface area contributed by atoms with Gasteiger partial charge in [0.25, 0.3) is 0 Å². The van der Waals surface area contributed by atoms with Gasteiger partial charge in [-0.2, -0.15) is 0 Å². The minimum atomic E-state index is -0.706. The Morgan fingerprint density at radius 1 is 1.40 bits per heavy atom. The van der Waals surface area contributed by atoms with Crippen LogP contribution in [0.15, 0.2) is 30.3 Å². The van der Waals surface area contributed by atoms with E-state index in [1.807, 2.05) is 25.1 Å². The molecule has 0 aromatic heterocycles. The first-order chi connectivity index (χ1) is 9.52. The van der Waals surface area contributed by atoms with Crippen molar-refractivity contribution in [3.8, 4) is 0 Å². The van der Waals surface area contributed by atoms with Gasteiger partial charge in [0.15, 0.2) is 0 Å². The minimum Gasteiger partial charge on any atom is -0.481 e. The topological polar surface area (TPSA) is 69.6 Å². The van der Waals surface area contributed by atoms with E-state index < -0.39 is 5.97 Å². The number of amides is 1. The third-order valence-electron chi connectivity index (χ3n) is 3.15. The number of benzene rings is 1. The Balaban J connectivity index is 0.000000246. The molecule has 0 saturated carbocycles. The van der Waals surface area contributed by atoms with Gasteiger partial charge in [0, 0.05) is 6.54 Å². The van der Waals surface area contributed by atoms with Crippen molar-refractivity contribution in [2.24, 2.45) is 5.92 Å². The van der Waals surface area contributed by atoms with Crippen LogP contribution in [0.5, 0.6) is 0 Å². The highest BCUT2D eigenvalue weighted by Gasteiger charge is 2.17. The number of carboxylic acids is 1. The van der Waals surface area contributed by atoms with Crippen LogP contribution in [-0.4, -0.2) is 35.1 Å². The van der Waals surface area contributed by atoms with Gasteiger partial charge in [-0.3, -0.25) is 14.5 Å². The summed E-state index contributed by atoms with van der Waals surface area (Å²) in [6.07, 6.45) is 0.718. The summed E-state index contributed by atoms with van der Waals surface area (Å²) in [5, 5.41) is 11.0. The van der Waals surface area contributed by atoms with Crippen LogP contribution in [0.2, 0.25) is 0 Å². The second-order valence-electron chi connectivity index (χ2n) is 4.88. The van der Waals surface area contributed by atoms with Crippen LogP contribution in [0.1, 0.15) is 25.8 Å². The van der Waals surface area contributed by atoms with Gasteiger partial charge in [-0.1, -0.05) is 44.2 Å². The molecule has 20 heavy (non-hydrogen) atoms. The summed E-state index contributed by atoms with van der Waals surface area (Å²) in [6.45, 7) is 5.60. The van der Waals surface area contributed by atoms with Crippen LogP contribution in [0.3, 0.4) is 0 Å². The zero-order valence-corrected chi connectivity index (χ0v) is 12.0. The minimum absolute atomic E-state index is 0.121. The van der Waals surface area contributed by atoms with E-state index in [9.17, 15) is 9.59 Å². The zero-order valence-electron chi connectivity index (χ0n) is 12.0. The van der Waals surface area contributed by atoms with Crippen LogP contribution in [0.4, 0.5) is 0 Å². The molecular weight excluding hydrogens is 256 g/mol. The number of nitrogens with one attached hydrogen (secondary N) is 1. The number of hydrogen-bond donors (Lipinski definition) is 2. The Kier molecular flexibility index (Phi) is 6.73. The maximum atomic E-state index is 10.9. The first-order valence-corrected chi connectivity index (χ1v) is 6.78. The van der Waals surface area contributed by atoms with E-state index in [4.69, 9.17) is 5.11 Å². The summed E-state index contributed by atoms with van der Waals surface area (Å²) in [7, 11) is 0. The highest BCUT2D eigenvalue weighted by atomic mass is 16.4. The highest BCUT2D eigenvalue weighted by Crippen LogP contribution is 2.05. The number of carbonyl (C=O) groups excluding carboxylic acids is 1. The molecule has 1 atom stereocenters. The molecule has 1 heterocycles. The number of hydrogen-bond acceptors (Lipinski definition) is 3. The number of rotatable bonds is 4. The lowest BCUT2D eigenvalue weighted by atomic mass is 10.1. The van der Waals surface area contributed by atoms with Gasteiger partial charge in [-0.15, -0.1) is 0 Å². The number of carbonyl (C=O) groups is 2. The Labute approximate surface area is 119 Å². The molecule has 2 rings (SSSR count). The summed E-state index contributed by atoms with van der Waals surface area (Å²) in [5.74, 6) is -0.765. The largest absolute Gasteiger partial charge is 0.481 e. The molecule has 1 amide bonds. The van der Waals surface area contributed by atoms with Gasteiger partial charge in [0.05, 0.1) is 19.1 Å². The Hall–Kier alpha value is -1.88. The van der Waals surface area contributed by atoms with E-state index in [1.54, 1.807) is 6.92 Å². The van der Waals surface area contributed by atoms with Crippen molar-refractivity contribution in [3.63, 3.8) is 0 Å². The van der Waals surface area contributed by atoms with Crippen molar-refractivity contribution in [1.29, 1.82) is 0 Å². The average molecular weight is 278 g/mol. The first-order valence-electron chi connectivity index (χ1n) is 6.78. The van der Waals surface area contributed by atoms with Gasteiger partial charge >= 0.3 is 5.97 Å². The Bertz CT molecular complexity index is 434. The molecule has 1 saturated heterocycles. The predicted molar refractivity (Wildman–Crippen MR) is 77.0 cm³/mol. The lowest BCUT2D eigenvalue weighted by Gasteiger charge is -2.11. The number of aliphatic carboxylic acids is 1. The summed E-state index contributed by atoms with van der Waals surface area (Å²) >= 11 is 0. The lowest BCUT2D eigenvalue weighted by molar-refractivity contribution is -0.141. The maximum absolute atomic E-state index is 10.9. The normalized spacial score (nSPS) is 16.0. The third kappa shape index (κ3) is 5.84. The van der Waals surface area contributed by atoms with E-state index in [2.05, 4.69) is 22.3 Å². The zero-order chi connectivity index (χ0) is 15.0. The van der Waals surface area contributed by atoms with E-state index in [0.29, 0.717) is 13.2 Å². The van der Waals surface area contributed by atoms with Gasteiger partial charge < -0.3 is 10.4 Å². The number of carboxylic acid groups (broad SMARTS) is 1. The van der Waals surface area contributed by atoms with Crippen LogP contribution in [0.25, 0.3) is 0 Å². The lowest BCUT2D eigenvalue weighted by Crippen LogP contribution is -2.21. The van der Waals surface area contributed by atoms with Crippen LogP contribution in [0, 0.1) is 5.92 Å². The molecule has 1 fully saturated rings. The molecular formula is C15H22N2O3. The molecule has 2 N–H and O–H groups in total. The van der Waals surface area contributed by atoms with E-state index >= 15 is 0 Å². The fraction of sp³-hybridized carbons (Fsp3) is 0.467. The monoisotopic (exact) mass is 278 g/mol. The van der Waals surface area contributed by atoms with Crippen molar-refractivity contribution < 1.29 is 14.7 Å². The van der Waals surface area contributed by atoms with Crippen molar-refractivity contribution >= 4 is 11.9 Å². The third-order valence-corrected chi connectivity index (χ3v) is 3.15. The molecule has 0 spiro atoms. The maximum Gasteiger partial charge on any atom is 0.306 e. The second-order valence-corrected chi connectivity index (χ2v) is 4.88. The molecule has 5 heteroatoms. The second kappa shape index (κ2) is 8.32. The summed E-state index contributed by atoms with van der Waals surface area (Å²) in [6, 6.07) is 10.2. The van der Waals surface area contributed by atoms with Gasteiger partial charge in [0.1, 0.15) is 0 Å². The van der Waals surface area contributed by atoms with Crippen LogP contribution >= 0.6 is 0 Å². The summed E-state index contributed by atoms with van der Waals surface area (Å²) in [5.41, 5.74) is 1.25. The van der Waals surface area contributed by atoms with E-state index in [1.165, 1.54) is 5.56 Å². The fourth-order valence-electron chi connectivity index (χ4n) is 1.64. The highest BCUT2D eigenvalue weighted by molar-refractivity contribution is 5.79. The molecule has 1 unspecified atom stereocenters. The molecule has 1 aromatic carbocycles. The summed E-state index contributed by atoms with van der Waals surface area (Å²) < 4.78 is 0. The first kappa shape index (κ1) is 16.2. The average Bonchev–Trinajstić information content (AvgIpc) is 2.85. The summed E-state index contributed by atoms with van der Waals surface area (Å²) in [4.78, 5) is 22.9. The number of nitrogens with zero attached hydrogens (tertiary/aromatic N) is 1.